The van der Waals surface area contributed by atoms with Gasteiger partial charge in [-0.3, -0.25) is 33.6 Å². The molecule has 7 aliphatic rings. The summed E-state index contributed by atoms with van der Waals surface area (Å²) in [6.45, 7) is 5.66. The van der Waals surface area contributed by atoms with Crippen LogP contribution in [0, 0.1) is 5.92 Å². The molecule has 7 aliphatic heterocycles. The van der Waals surface area contributed by atoms with Crippen LogP contribution in [-0.2, 0) is 52.6 Å². The highest BCUT2D eigenvalue weighted by Crippen LogP contribution is 2.50. The predicted octanol–water partition coefficient (Wildman–Crippen LogP) is 0.528. The van der Waals surface area contributed by atoms with E-state index in [1.165, 1.54) is 33.0 Å². The minimum atomic E-state index is -2.35. The Kier molecular flexibility index (Phi) is 23.8. The van der Waals surface area contributed by atoms with Crippen molar-refractivity contribution in [1.82, 2.24) is 37.2 Å². The zero-order chi connectivity index (χ0) is 73.5. The molecular formula is C66H76Cl3N9O24. The van der Waals surface area contributed by atoms with E-state index < -0.39 is 237 Å². The summed E-state index contributed by atoms with van der Waals surface area (Å²) in [5.74, 6) is -16.0. The Morgan fingerprint density at radius 2 is 1.31 bits per heavy atom. The van der Waals surface area contributed by atoms with Crippen LogP contribution in [0.3, 0.4) is 0 Å². The quantitative estimate of drug-likeness (QED) is 0.0764. The summed E-state index contributed by atoms with van der Waals surface area (Å²) < 4.78 is 38.3. The van der Waals surface area contributed by atoms with Gasteiger partial charge in [0.15, 0.2) is 29.9 Å². The van der Waals surface area contributed by atoms with Crippen LogP contribution in [0.5, 0.6) is 46.0 Å². The van der Waals surface area contributed by atoms with Crippen LogP contribution < -0.4 is 62.9 Å². The zero-order valence-electron chi connectivity index (χ0n) is 54.7. The summed E-state index contributed by atoms with van der Waals surface area (Å²) in [6, 6.07) is -0.679. The fourth-order valence-corrected chi connectivity index (χ4v) is 12.9. The molecule has 33 nitrogen and oxygen atoms in total. The van der Waals surface area contributed by atoms with Crippen molar-refractivity contribution in [3.63, 3.8) is 0 Å². The number of likely N-dealkylation sites (N-methyl/N-ethyl adjacent to an activating group) is 1. The Labute approximate surface area is 596 Å². The Balaban J connectivity index is 0.0000121. The molecule has 12 rings (SSSR count). The van der Waals surface area contributed by atoms with Crippen LogP contribution in [0.4, 0.5) is 0 Å². The number of aliphatic hydroxyl groups is 6. The van der Waals surface area contributed by atoms with Crippen LogP contribution in [0.2, 0.25) is 10.0 Å². The number of nitrogens with one attached hydrogen (secondary N) is 7. The standard InChI is InChI=1S/C66H75Cl2N9O24.ClH/c1-23(2)12-34(71-5)58(88)76-49-51(83)26-7-10-38(32(67)14-26)97-40-16-28-17-41(55(40)101-65-56(54(86)53(85)42(22-78)99-65)100-44-21-66(4,70)57(87)24(3)96-44)98-39-11-8-27(15-33(39)68)52(84)50-63(93)75-48(64(94)95)31-18-29(79)19-37(81)45(31)30-13-25(6-9-36(30)80)46(60(90)77-50)74-61(91)47(28)73-59(89)35(20-43(69)82)72-62(49)92;/h6-11,13-19,23-24,34-35,42,44,46-54,56-57,65,71,78-81,83-87H,12,20-22,70H2,1-5H3,(H2,69,82)(H,72,92)(H,73,89)(H,74,91)(H,75,93)(H,76,88)(H,77,90)(H,94,95);1H/t24?,34-,35+,42?,44?,46-,47-,48?,49-,50+,51-,52-,53?,54?,56?,57?,65?,66?;/m1./s1. The van der Waals surface area contributed by atoms with Crippen molar-refractivity contribution in [3.05, 3.63) is 117 Å². The van der Waals surface area contributed by atoms with E-state index in [2.05, 4.69) is 37.2 Å². The summed E-state index contributed by atoms with van der Waals surface area (Å²) in [6.07, 6.45) is -18.6. The number of nitrogens with two attached hydrogens (primary N) is 2. The minimum Gasteiger partial charge on any atom is -0.508 e. The number of amides is 7. The Morgan fingerprint density at radius 1 is 0.716 bits per heavy atom. The molecular weight excluding hydrogens is 1410 g/mol. The van der Waals surface area contributed by atoms with Gasteiger partial charge in [-0.1, -0.05) is 55.2 Å². The largest absolute Gasteiger partial charge is 0.508 e. The molecule has 5 aromatic rings. The molecule has 0 spiro atoms. The third-order valence-corrected chi connectivity index (χ3v) is 18.4. The lowest BCUT2D eigenvalue weighted by molar-refractivity contribution is -0.333. The molecule has 2 saturated heterocycles. The van der Waals surface area contributed by atoms with Crippen molar-refractivity contribution in [2.24, 2.45) is 17.4 Å². The SMILES string of the molecule is CN[C@H](CC(C)C)C(=O)N[C@H]1C(=O)N[C@@H](CC(N)=O)C(=O)N[C@H]2C(=O)N[C@H]3C(=O)N[C@H](C(=O)NC(C(=O)O)c4cc(O)cc(O)c4-c4cc3ccc4O)[C@H](O)c3ccc(c(Cl)c3)Oc3cc2cc(c3OC2OC(CO)C(O)C(O)C2OC2CC(C)(N)C(O)C(C)O2)Oc2ccc(cc2Cl)[C@H]1O.Cl. The highest BCUT2D eigenvalue weighted by molar-refractivity contribution is 6.32. The monoisotopic (exact) mass is 1480 g/mol. The average Bonchev–Trinajstić information content (AvgIpc) is 0.773. The lowest BCUT2D eigenvalue weighted by Crippen LogP contribution is -2.64. The molecule has 21 N–H and O–H groups in total. The smallest absolute Gasteiger partial charge is 0.330 e. The number of phenols is 3. The van der Waals surface area contributed by atoms with Gasteiger partial charge in [0.05, 0.1) is 41.3 Å². The van der Waals surface area contributed by atoms with Crippen molar-refractivity contribution in [2.75, 3.05) is 13.7 Å². The van der Waals surface area contributed by atoms with Gasteiger partial charge in [-0.25, -0.2) is 4.79 Å². The van der Waals surface area contributed by atoms with Crippen molar-refractivity contribution in [2.45, 2.75) is 156 Å². The van der Waals surface area contributed by atoms with Gasteiger partial charge in [-0.2, -0.15) is 0 Å². The molecule has 102 heavy (non-hydrogen) atoms. The number of aliphatic hydroxyl groups excluding tert-OH is 6. The molecule has 550 valence electrons. The molecule has 36 heteroatoms. The second-order valence-corrected chi connectivity index (χ2v) is 26.5. The third-order valence-electron chi connectivity index (χ3n) is 17.8. The number of carboxylic acid groups (broad SMARTS) is 1. The molecule has 0 radical (unpaired) electrons. The Hall–Kier alpha value is -8.91. The molecule has 5 aromatic carbocycles. The first-order valence-corrected chi connectivity index (χ1v) is 32.4. The summed E-state index contributed by atoms with van der Waals surface area (Å²) in [5, 5.41) is 131. The van der Waals surface area contributed by atoms with Gasteiger partial charge in [0.25, 0.3) is 0 Å². The van der Waals surface area contributed by atoms with Gasteiger partial charge in [0, 0.05) is 34.7 Å². The first-order valence-electron chi connectivity index (χ1n) is 31.6. The molecule has 0 aliphatic carbocycles. The number of phenolic OH excluding ortho intramolecular Hbond substituents is 3. The van der Waals surface area contributed by atoms with Gasteiger partial charge in [0.1, 0.15) is 89.5 Å². The number of benzene rings is 5. The van der Waals surface area contributed by atoms with E-state index in [1.807, 2.05) is 13.8 Å². The van der Waals surface area contributed by atoms with Crippen molar-refractivity contribution in [1.29, 1.82) is 0 Å². The maximum Gasteiger partial charge on any atom is 0.330 e. The second kappa shape index (κ2) is 31.4. The van der Waals surface area contributed by atoms with Gasteiger partial charge < -0.3 is 128 Å². The van der Waals surface area contributed by atoms with E-state index in [9.17, 15) is 75.0 Å². The number of hydrogen-bond donors (Lipinski definition) is 19. The number of primary amides is 1. The maximum absolute atomic E-state index is 16.0. The molecule has 7 heterocycles. The highest BCUT2D eigenvalue weighted by Gasteiger charge is 2.51. The molecule has 2 fully saturated rings. The number of carboxylic acids is 1. The van der Waals surface area contributed by atoms with Gasteiger partial charge in [0.2, 0.25) is 53.4 Å². The Bertz CT molecular complexity index is 4080. The summed E-state index contributed by atoms with van der Waals surface area (Å²) >= 11 is 14.1. The second-order valence-electron chi connectivity index (χ2n) is 25.7. The zero-order valence-corrected chi connectivity index (χ0v) is 57.1. The number of halogens is 3. The van der Waals surface area contributed by atoms with E-state index in [1.54, 1.807) is 0 Å². The lowest BCUT2D eigenvalue weighted by Gasteiger charge is -2.47. The average molecular weight is 1490 g/mol. The molecule has 18 atom stereocenters. The number of carbonyl (C=O) groups excluding carboxylic acids is 7. The van der Waals surface area contributed by atoms with Gasteiger partial charge >= 0.3 is 5.97 Å². The van der Waals surface area contributed by atoms with Crippen LogP contribution in [0.15, 0.2) is 78.9 Å². The number of fused-ring (bicyclic) bond motifs is 15. The first kappa shape index (κ1) is 77.3. The summed E-state index contributed by atoms with van der Waals surface area (Å²) in [7, 11) is 1.47. The normalized spacial score (nSPS) is 29.1. The first-order chi connectivity index (χ1) is 47.7. The van der Waals surface area contributed by atoms with Crippen molar-refractivity contribution in [3.8, 4) is 57.1 Å². The molecule has 10 unspecified atom stereocenters. The lowest BCUT2D eigenvalue weighted by atomic mass is 9.86. The van der Waals surface area contributed by atoms with Crippen LogP contribution in [0.25, 0.3) is 11.1 Å². The van der Waals surface area contributed by atoms with Crippen LogP contribution in [-0.4, -0.2) is 191 Å². The molecule has 11 bridgehead atoms. The van der Waals surface area contributed by atoms with Crippen LogP contribution in [0.1, 0.15) is 105 Å². The molecule has 7 amide bonds. The molecule has 0 saturated carbocycles. The number of hydrogen-bond acceptors (Lipinski definition) is 25. The topological polar surface area (TPSA) is 530 Å². The van der Waals surface area contributed by atoms with E-state index in [0.717, 1.165) is 66.7 Å². The van der Waals surface area contributed by atoms with Crippen molar-refractivity contribution >= 4 is 82.9 Å². The third kappa shape index (κ3) is 16.3. The van der Waals surface area contributed by atoms with E-state index in [-0.39, 0.29) is 58.6 Å². The number of aromatic hydroxyl groups is 3. The van der Waals surface area contributed by atoms with Gasteiger partial charge in [-0.15, -0.1) is 12.4 Å². The van der Waals surface area contributed by atoms with Crippen LogP contribution >= 0.6 is 35.6 Å². The fraction of sp³-hybridized carbons (Fsp3) is 0.424. The summed E-state index contributed by atoms with van der Waals surface area (Å²) in [4.78, 5) is 117. The number of aliphatic carboxylic acids is 1. The Morgan fingerprint density at radius 3 is 1.89 bits per heavy atom. The fourth-order valence-electron chi connectivity index (χ4n) is 12.5. The number of ether oxygens (including phenoxy) is 6. The highest BCUT2D eigenvalue weighted by atomic mass is 35.5. The van der Waals surface area contributed by atoms with E-state index >= 15 is 14.4 Å². The predicted molar refractivity (Wildman–Crippen MR) is 357 cm³/mol. The van der Waals surface area contributed by atoms with Gasteiger partial charge in [-0.05, 0) is 110 Å². The maximum atomic E-state index is 16.0. The molecule has 0 aromatic heterocycles. The van der Waals surface area contributed by atoms with Crippen molar-refractivity contribution < 1.29 is 118 Å². The minimum absolute atomic E-state index is 0. The number of carbonyl (C=O) groups is 8. The summed E-state index contributed by atoms with van der Waals surface area (Å²) in [5.41, 5.74) is 8.00. The van der Waals surface area contributed by atoms with E-state index in [4.69, 9.17) is 63.1 Å². The number of rotatable bonds is 13. The van der Waals surface area contributed by atoms with E-state index in [0.29, 0.717) is 0 Å².